The lowest BCUT2D eigenvalue weighted by Gasteiger charge is -2.11. The van der Waals surface area contributed by atoms with Gasteiger partial charge in [0.05, 0.1) is 13.7 Å². The van der Waals surface area contributed by atoms with E-state index >= 15 is 0 Å². The van der Waals surface area contributed by atoms with Crippen molar-refractivity contribution in [2.75, 3.05) is 20.8 Å². The molecule has 8 heteroatoms. The molecule has 0 saturated carbocycles. The molecular weight excluding hydrogens is 340 g/mol. The van der Waals surface area contributed by atoms with E-state index in [0.717, 1.165) is 6.42 Å². The summed E-state index contributed by atoms with van der Waals surface area (Å²) in [6.45, 7) is 3.95. The third-order valence-electron chi connectivity index (χ3n) is 3.19. The Hall–Kier alpha value is -3.03. The summed E-state index contributed by atoms with van der Waals surface area (Å²) in [5.74, 6) is -0.263. The Labute approximate surface area is 152 Å². The minimum absolute atomic E-state index is 0.548. The molecule has 2 N–H and O–H groups in total. The fraction of sp³-hybridized carbons (Fsp3) is 0.389. The van der Waals surface area contributed by atoms with Gasteiger partial charge in [0.2, 0.25) is 0 Å². The van der Waals surface area contributed by atoms with Gasteiger partial charge in [0.25, 0.3) is 5.91 Å². The van der Waals surface area contributed by atoms with Gasteiger partial charge in [-0.2, -0.15) is 0 Å². The zero-order valence-corrected chi connectivity index (χ0v) is 15.3. The highest BCUT2D eigenvalue weighted by molar-refractivity contribution is 5.97. The van der Waals surface area contributed by atoms with Crippen molar-refractivity contribution in [1.82, 2.24) is 10.6 Å². The van der Waals surface area contributed by atoms with Crippen molar-refractivity contribution in [3.8, 4) is 11.5 Å². The second kappa shape index (κ2) is 10.8. The molecule has 142 valence electrons. The van der Waals surface area contributed by atoms with E-state index in [4.69, 9.17) is 14.2 Å². The molecular formula is C18H24N2O6. The van der Waals surface area contributed by atoms with Gasteiger partial charge in [-0.1, -0.05) is 13.0 Å². The Kier molecular flexibility index (Phi) is 8.69. The molecule has 1 aromatic carbocycles. The van der Waals surface area contributed by atoms with E-state index in [0.29, 0.717) is 23.7 Å². The Morgan fingerprint density at radius 3 is 2.58 bits per heavy atom. The first kappa shape index (κ1) is 21.0. The molecule has 0 aromatic heterocycles. The Bertz CT molecular complexity index is 672. The summed E-state index contributed by atoms with van der Waals surface area (Å²) in [5, 5.41) is 4.26. The zero-order valence-electron chi connectivity index (χ0n) is 15.3. The van der Waals surface area contributed by atoms with Gasteiger partial charge in [-0.25, -0.2) is 9.59 Å². The molecule has 8 nitrogen and oxygen atoms in total. The van der Waals surface area contributed by atoms with Crippen LogP contribution in [-0.2, 0) is 14.3 Å². The highest BCUT2D eigenvalue weighted by atomic mass is 16.5. The summed E-state index contributed by atoms with van der Waals surface area (Å²) in [4.78, 5) is 34.5. The smallest absolute Gasteiger partial charge is 0.331 e. The minimum atomic E-state index is -1.11. The predicted molar refractivity (Wildman–Crippen MR) is 96.0 cm³/mol. The van der Waals surface area contributed by atoms with Crippen molar-refractivity contribution < 1.29 is 28.6 Å². The lowest BCUT2D eigenvalue weighted by molar-refractivity contribution is -0.149. The van der Waals surface area contributed by atoms with E-state index in [9.17, 15) is 14.4 Å². The van der Waals surface area contributed by atoms with E-state index in [1.165, 1.54) is 33.2 Å². The normalized spacial score (nSPS) is 11.5. The molecule has 3 amide bonds. The Morgan fingerprint density at radius 2 is 1.96 bits per heavy atom. The number of ether oxygens (including phenoxy) is 3. The summed E-state index contributed by atoms with van der Waals surface area (Å²) in [7, 11) is 2.90. The van der Waals surface area contributed by atoms with Crippen LogP contribution < -0.4 is 20.1 Å². The van der Waals surface area contributed by atoms with Gasteiger partial charge in [0, 0.05) is 13.1 Å². The number of nitrogens with one attached hydrogen (secondary N) is 2. The summed E-state index contributed by atoms with van der Waals surface area (Å²) in [6, 6.07) is 4.56. The van der Waals surface area contributed by atoms with E-state index < -0.39 is 24.0 Å². The molecule has 0 heterocycles. The number of benzene rings is 1. The topological polar surface area (TPSA) is 103 Å². The van der Waals surface area contributed by atoms with Crippen LogP contribution >= 0.6 is 0 Å². The SMILES string of the molecule is CCCOc1ccc(/C=C/C(=O)O[C@@H](C)C(=O)NC(=O)NC)cc1OC. The Balaban J connectivity index is 2.67. The summed E-state index contributed by atoms with van der Waals surface area (Å²) in [5.41, 5.74) is 0.699. The third-order valence-corrected chi connectivity index (χ3v) is 3.19. The standard InChI is InChI=1S/C18H24N2O6/c1-5-10-25-14-8-6-13(11-15(14)24-4)7-9-16(21)26-12(2)17(22)20-18(23)19-3/h6-9,11-12H,5,10H2,1-4H3,(H2,19,20,22,23)/b9-7+/t12-/m0/s1. The molecule has 0 saturated heterocycles. The molecule has 0 bridgehead atoms. The van der Waals surface area contributed by atoms with Gasteiger partial charge in [0.1, 0.15) is 0 Å². The first-order valence-electron chi connectivity index (χ1n) is 8.13. The molecule has 0 aliphatic rings. The van der Waals surface area contributed by atoms with Crippen LogP contribution in [0.3, 0.4) is 0 Å². The molecule has 0 unspecified atom stereocenters. The van der Waals surface area contributed by atoms with Crippen molar-refractivity contribution in [1.29, 1.82) is 0 Å². The number of carbonyl (C=O) groups is 3. The van der Waals surface area contributed by atoms with Crippen molar-refractivity contribution >= 4 is 24.0 Å². The maximum Gasteiger partial charge on any atom is 0.331 e. The van der Waals surface area contributed by atoms with Crippen LogP contribution in [0, 0.1) is 0 Å². The number of imide groups is 1. The van der Waals surface area contributed by atoms with E-state index in [1.54, 1.807) is 18.2 Å². The summed E-state index contributed by atoms with van der Waals surface area (Å²) < 4.78 is 15.8. The van der Waals surface area contributed by atoms with Crippen LogP contribution in [0.4, 0.5) is 4.79 Å². The summed E-state index contributed by atoms with van der Waals surface area (Å²) >= 11 is 0. The number of hydrogen-bond acceptors (Lipinski definition) is 6. The fourth-order valence-electron chi connectivity index (χ4n) is 1.83. The van der Waals surface area contributed by atoms with Crippen LogP contribution in [0.5, 0.6) is 11.5 Å². The van der Waals surface area contributed by atoms with Gasteiger partial charge in [-0.15, -0.1) is 0 Å². The molecule has 0 aliphatic carbocycles. The van der Waals surface area contributed by atoms with Crippen LogP contribution in [0.2, 0.25) is 0 Å². The minimum Gasteiger partial charge on any atom is -0.493 e. The number of amides is 3. The molecule has 1 rings (SSSR count). The third kappa shape index (κ3) is 6.84. The summed E-state index contributed by atoms with van der Waals surface area (Å²) in [6.07, 6.45) is 2.48. The van der Waals surface area contributed by atoms with Gasteiger partial charge in [-0.05, 0) is 37.1 Å². The molecule has 0 radical (unpaired) electrons. The monoisotopic (exact) mass is 364 g/mol. The first-order chi connectivity index (χ1) is 12.4. The number of carbonyl (C=O) groups excluding carboxylic acids is 3. The van der Waals surface area contributed by atoms with Gasteiger partial charge >= 0.3 is 12.0 Å². The predicted octanol–water partition coefficient (Wildman–Crippen LogP) is 1.88. The van der Waals surface area contributed by atoms with Gasteiger partial charge in [-0.3, -0.25) is 10.1 Å². The van der Waals surface area contributed by atoms with Crippen molar-refractivity contribution in [2.45, 2.75) is 26.4 Å². The molecule has 1 aromatic rings. The maximum atomic E-state index is 11.8. The lowest BCUT2D eigenvalue weighted by Crippen LogP contribution is -2.43. The number of rotatable bonds is 8. The van der Waals surface area contributed by atoms with Gasteiger partial charge < -0.3 is 19.5 Å². The molecule has 1 atom stereocenters. The second-order valence-electron chi connectivity index (χ2n) is 5.24. The average molecular weight is 364 g/mol. The molecule has 0 aliphatic heterocycles. The van der Waals surface area contributed by atoms with Gasteiger partial charge in [0.15, 0.2) is 17.6 Å². The lowest BCUT2D eigenvalue weighted by atomic mass is 10.2. The van der Waals surface area contributed by atoms with Crippen LogP contribution in [0.15, 0.2) is 24.3 Å². The highest BCUT2D eigenvalue weighted by Gasteiger charge is 2.18. The highest BCUT2D eigenvalue weighted by Crippen LogP contribution is 2.28. The molecule has 0 fully saturated rings. The molecule has 0 spiro atoms. The van der Waals surface area contributed by atoms with E-state index in [2.05, 4.69) is 5.32 Å². The Morgan fingerprint density at radius 1 is 1.23 bits per heavy atom. The van der Waals surface area contributed by atoms with E-state index in [-0.39, 0.29) is 0 Å². The zero-order chi connectivity index (χ0) is 19.5. The van der Waals surface area contributed by atoms with E-state index in [1.807, 2.05) is 12.2 Å². The average Bonchev–Trinajstić information content (AvgIpc) is 2.64. The number of methoxy groups -OCH3 is 1. The maximum absolute atomic E-state index is 11.8. The van der Waals surface area contributed by atoms with Crippen LogP contribution in [0.1, 0.15) is 25.8 Å². The van der Waals surface area contributed by atoms with Crippen molar-refractivity contribution in [3.63, 3.8) is 0 Å². The van der Waals surface area contributed by atoms with Crippen LogP contribution in [0.25, 0.3) is 6.08 Å². The van der Waals surface area contributed by atoms with Crippen molar-refractivity contribution in [3.05, 3.63) is 29.8 Å². The quantitative estimate of drug-likeness (QED) is 0.539. The van der Waals surface area contributed by atoms with Crippen molar-refractivity contribution in [2.24, 2.45) is 0 Å². The number of esters is 1. The molecule has 26 heavy (non-hydrogen) atoms. The van der Waals surface area contributed by atoms with Crippen LogP contribution in [-0.4, -0.2) is 44.8 Å². The largest absolute Gasteiger partial charge is 0.493 e. The number of urea groups is 1. The second-order valence-corrected chi connectivity index (χ2v) is 5.24. The number of hydrogen-bond donors (Lipinski definition) is 2. The first-order valence-corrected chi connectivity index (χ1v) is 8.13. The fourth-order valence-corrected chi connectivity index (χ4v) is 1.83.